The Kier molecular flexibility index (Phi) is 5.81. The van der Waals surface area contributed by atoms with Gasteiger partial charge in [0.1, 0.15) is 0 Å². The number of thiol groups is 1. The predicted octanol–water partition coefficient (Wildman–Crippen LogP) is 3.37. The van der Waals surface area contributed by atoms with Crippen molar-refractivity contribution < 1.29 is 4.74 Å². The number of benzene rings is 1. The van der Waals surface area contributed by atoms with Crippen molar-refractivity contribution in [2.24, 2.45) is 5.92 Å². The predicted molar refractivity (Wildman–Crippen MR) is 68.7 cm³/mol. The van der Waals surface area contributed by atoms with E-state index in [9.17, 15) is 0 Å². The molecular weight excluding hydrogens is 204 g/mol. The molecule has 0 amide bonds. The normalized spacial score (nSPS) is 13.1. The Bertz CT molecular complexity index is 258. The van der Waals surface area contributed by atoms with Crippen LogP contribution in [0.25, 0.3) is 0 Å². The summed E-state index contributed by atoms with van der Waals surface area (Å²) in [6.45, 7) is 5.93. The molecule has 1 rings (SSSR count). The fraction of sp³-hybridized carbons (Fsp3) is 0.538. The van der Waals surface area contributed by atoms with Crippen LogP contribution in [-0.2, 0) is 4.74 Å². The lowest BCUT2D eigenvalue weighted by Crippen LogP contribution is -2.12. The highest BCUT2D eigenvalue weighted by Gasteiger charge is 2.09. The second kappa shape index (κ2) is 6.91. The van der Waals surface area contributed by atoms with Gasteiger partial charge in [0, 0.05) is 12.5 Å². The Morgan fingerprint density at radius 2 is 1.80 bits per heavy atom. The van der Waals surface area contributed by atoms with Crippen molar-refractivity contribution in [2.75, 3.05) is 19.0 Å². The molecule has 1 aromatic rings. The SMILES string of the molecule is CC(C)COCC(CS)c1ccccc1. The van der Waals surface area contributed by atoms with E-state index in [2.05, 4.69) is 50.7 Å². The van der Waals surface area contributed by atoms with Gasteiger partial charge in [-0.1, -0.05) is 44.2 Å². The van der Waals surface area contributed by atoms with E-state index in [-0.39, 0.29) is 0 Å². The largest absolute Gasteiger partial charge is 0.381 e. The Labute approximate surface area is 98.3 Å². The standard InChI is InChI=1S/C13H20OS/c1-11(2)8-14-9-13(10-15)12-6-4-3-5-7-12/h3-7,11,13,15H,8-10H2,1-2H3. The zero-order chi connectivity index (χ0) is 11.1. The van der Waals surface area contributed by atoms with E-state index in [0.29, 0.717) is 11.8 Å². The minimum atomic E-state index is 0.410. The molecule has 0 aliphatic heterocycles. The molecule has 0 aliphatic carbocycles. The van der Waals surface area contributed by atoms with Gasteiger partial charge in [0.25, 0.3) is 0 Å². The van der Waals surface area contributed by atoms with Crippen LogP contribution in [0, 0.1) is 5.92 Å². The highest BCUT2D eigenvalue weighted by molar-refractivity contribution is 7.80. The third-order valence-electron chi connectivity index (χ3n) is 2.26. The van der Waals surface area contributed by atoms with Crippen LogP contribution in [0.5, 0.6) is 0 Å². The quantitative estimate of drug-likeness (QED) is 0.729. The van der Waals surface area contributed by atoms with Gasteiger partial charge >= 0.3 is 0 Å². The molecule has 0 bridgehead atoms. The van der Waals surface area contributed by atoms with Crippen LogP contribution in [0.2, 0.25) is 0 Å². The van der Waals surface area contributed by atoms with E-state index in [1.807, 2.05) is 6.07 Å². The van der Waals surface area contributed by atoms with Crippen LogP contribution in [0.4, 0.5) is 0 Å². The average Bonchev–Trinajstić information content (AvgIpc) is 2.25. The minimum absolute atomic E-state index is 0.410. The third-order valence-corrected chi connectivity index (χ3v) is 2.70. The molecular formula is C13H20OS. The molecule has 1 atom stereocenters. The summed E-state index contributed by atoms with van der Waals surface area (Å²) in [5.41, 5.74) is 1.32. The highest BCUT2D eigenvalue weighted by atomic mass is 32.1. The average molecular weight is 224 g/mol. The van der Waals surface area contributed by atoms with E-state index >= 15 is 0 Å². The van der Waals surface area contributed by atoms with Gasteiger partial charge in [-0.25, -0.2) is 0 Å². The van der Waals surface area contributed by atoms with Gasteiger partial charge in [0.05, 0.1) is 6.61 Å². The summed E-state index contributed by atoms with van der Waals surface area (Å²) in [6, 6.07) is 10.4. The first-order valence-electron chi connectivity index (χ1n) is 5.47. The van der Waals surface area contributed by atoms with Crippen LogP contribution in [0.3, 0.4) is 0 Å². The summed E-state index contributed by atoms with van der Waals surface area (Å²) >= 11 is 4.37. The van der Waals surface area contributed by atoms with Gasteiger partial charge in [-0.15, -0.1) is 0 Å². The molecule has 1 nitrogen and oxygen atoms in total. The molecule has 84 valence electrons. The van der Waals surface area contributed by atoms with Gasteiger partial charge in [0.2, 0.25) is 0 Å². The Morgan fingerprint density at radius 3 is 2.33 bits per heavy atom. The maximum atomic E-state index is 5.65. The first kappa shape index (κ1) is 12.6. The first-order valence-corrected chi connectivity index (χ1v) is 6.10. The molecule has 2 heteroatoms. The molecule has 0 spiro atoms. The third kappa shape index (κ3) is 4.72. The van der Waals surface area contributed by atoms with Crippen LogP contribution in [0.15, 0.2) is 30.3 Å². The van der Waals surface area contributed by atoms with Crippen molar-refractivity contribution in [1.82, 2.24) is 0 Å². The molecule has 1 unspecified atom stereocenters. The Balaban J connectivity index is 2.43. The Morgan fingerprint density at radius 1 is 1.13 bits per heavy atom. The molecule has 0 fully saturated rings. The van der Waals surface area contributed by atoms with Gasteiger partial charge in [0.15, 0.2) is 0 Å². The minimum Gasteiger partial charge on any atom is -0.381 e. The summed E-state index contributed by atoms with van der Waals surface area (Å²) in [6.07, 6.45) is 0. The molecule has 0 radical (unpaired) electrons. The van der Waals surface area contributed by atoms with Crippen molar-refractivity contribution >= 4 is 12.6 Å². The van der Waals surface area contributed by atoms with Crippen molar-refractivity contribution in [3.63, 3.8) is 0 Å². The summed E-state index contributed by atoms with van der Waals surface area (Å²) in [4.78, 5) is 0. The van der Waals surface area contributed by atoms with Gasteiger partial charge < -0.3 is 4.74 Å². The number of hydrogen-bond acceptors (Lipinski definition) is 2. The van der Waals surface area contributed by atoms with Crippen molar-refractivity contribution in [2.45, 2.75) is 19.8 Å². The molecule has 0 saturated carbocycles. The van der Waals surface area contributed by atoms with Gasteiger partial charge in [-0.2, -0.15) is 12.6 Å². The van der Waals surface area contributed by atoms with E-state index in [4.69, 9.17) is 4.74 Å². The fourth-order valence-electron chi connectivity index (χ4n) is 1.43. The van der Waals surface area contributed by atoms with Crippen LogP contribution in [-0.4, -0.2) is 19.0 Å². The van der Waals surface area contributed by atoms with E-state index in [1.165, 1.54) is 5.56 Å². The molecule has 0 aromatic heterocycles. The monoisotopic (exact) mass is 224 g/mol. The molecule has 0 N–H and O–H groups in total. The molecule has 15 heavy (non-hydrogen) atoms. The van der Waals surface area contributed by atoms with Crippen molar-refractivity contribution in [3.8, 4) is 0 Å². The topological polar surface area (TPSA) is 9.23 Å². The lowest BCUT2D eigenvalue weighted by Gasteiger charge is -2.16. The lowest BCUT2D eigenvalue weighted by atomic mass is 10.0. The van der Waals surface area contributed by atoms with Crippen LogP contribution < -0.4 is 0 Å². The smallest absolute Gasteiger partial charge is 0.0542 e. The van der Waals surface area contributed by atoms with E-state index in [0.717, 1.165) is 19.0 Å². The van der Waals surface area contributed by atoms with Gasteiger partial charge in [-0.3, -0.25) is 0 Å². The number of rotatable bonds is 6. The van der Waals surface area contributed by atoms with Crippen LogP contribution >= 0.6 is 12.6 Å². The maximum absolute atomic E-state index is 5.65. The number of ether oxygens (including phenoxy) is 1. The fourth-order valence-corrected chi connectivity index (χ4v) is 1.74. The van der Waals surface area contributed by atoms with Crippen molar-refractivity contribution in [1.29, 1.82) is 0 Å². The highest BCUT2D eigenvalue weighted by Crippen LogP contribution is 2.17. The van der Waals surface area contributed by atoms with Crippen molar-refractivity contribution in [3.05, 3.63) is 35.9 Å². The van der Waals surface area contributed by atoms with Gasteiger partial charge in [-0.05, 0) is 17.2 Å². The van der Waals surface area contributed by atoms with Crippen LogP contribution in [0.1, 0.15) is 25.3 Å². The summed E-state index contributed by atoms with van der Waals surface area (Å²) in [7, 11) is 0. The Hall–Kier alpha value is -0.470. The van der Waals surface area contributed by atoms with E-state index in [1.54, 1.807) is 0 Å². The maximum Gasteiger partial charge on any atom is 0.0542 e. The molecule has 0 aliphatic rings. The molecule has 0 heterocycles. The second-order valence-corrected chi connectivity index (χ2v) is 4.59. The summed E-state index contributed by atoms with van der Waals surface area (Å²) < 4.78 is 5.65. The van der Waals surface area contributed by atoms with E-state index < -0.39 is 0 Å². The second-order valence-electron chi connectivity index (χ2n) is 4.22. The molecule has 0 saturated heterocycles. The number of hydrogen-bond donors (Lipinski definition) is 1. The zero-order valence-corrected chi connectivity index (χ0v) is 10.4. The summed E-state index contributed by atoms with van der Waals surface area (Å²) in [5, 5.41) is 0. The summed E-state index contributed by atoms with van der Waals surface area (Å²) in [5.74, 6) is 1.84. The molecule has 1 aromatic carbocycles. The lowest BCUT2D eigenvalue weighted by molar-refractivity contribution is 0.101. The zero-order valence-electron chi connectivity index (χ0n) is 9.52. The first-order chi connectivity index (χ1) is 7.24.